The Morgan fingerprint density at radius 3 is 2.31 bits per heavy atom. The summed E-state index contributed by atoms with van der Waals surface area (Å²) in [5.41, 5.74) is 3.87. The predicted octanol–water partition coefficient (Wildman–Crippen LogP) is 4.25. The average molecular weight is 431 g/mol. The van der Waals surface area contributed by atoms with Crippen molar-refractivity contribution in [3.05, 3.63) is 83.9 Å². The van der Waals surface area contributed by atoms with E-state index in [1.807, 2.05) is 48.5 Å². The number of benzene rings is 3. The minimum atomic E-state index is -0.679. The van der Waals surface area contributed by atoms with Gasteiger partial charge in [0, 0.05) is 11.1 Å². The van der Waals surface area contributed by atoms with Crippen LogP contribution in [0.2, 0.25) is 0 Å². The number of nitrogens with zero attached hydrogens (tertiary/aromatic N) is 1. The molecule has 32 heavy (non-hydrogen) atoms. The van der Waals surface area contributed by atoms with Gasteiger partial charge in [-0.1, -0.05) is 59.8 Å². The maximum absolute atomic E-state index is 12.3. The third kappa shape index (κ3) is 5.13. The molecule has 0 aliphatic carbocycles. The number of rotatable bonds is 8. The van der Waals surface area contributed by atoms with Crippen molar-refractivity contribution in [2.45, 2.75) is 6.92 Å². The van der Waals surface area contributed by atoms with Crippen LogP contribution in [0.15, 0.2) is 78.0 Å². The molecule has 0 fully saturated rings. The van der Waals surface area contributed by atoms with Gasteiger partial charge in [-0.25, -0.2) is 4.79 Å². The summed E-state index contributed by atoms with van der Waals surface area (Å²) >= 11 is 0. The van der Waals surface area contributed by atoms with Gasteiger partial charge >= 0.3 is 5.97 Å². The fraction of sp³-hybridized carbons (Fsp3) is 0.160. The largest absolute Gasteiger partial charge is 0.455 e. The molecule has 162 valence electrons. The van der Waals surface area contributed by atoms with Crippen LogP contribution in [0.5, 0.6) is 11.5 Å². The van der Waals surface area contributed by atoms with Gasteiger partial charge in [0.05, 0.1) is 5.71 Å². The molecule has 7 nitrogen and oxygen atoms in total. The predicted molar refractivity (Wildman–Crippen MR) is 118 cm³/mol. The maximum atomic E-state index is 12.3. The second kappa shape index (κ2) is 9.78. The van der Waals surface area contributed by atoms with E-state index in [1.165, 1.54) is 0 Å². The summed E-state index contributed by atoms with van der Waals surface area (Å²) in [5, 5.41) is 3.92. The molecular formula is C25H21NO6. The summed E-state index contributed by atoms with van der Waals surface area (Å²) in [5.74, 6) is 0.330. The fourth-order valence-electron chi connectivity index (χ4n) is 3.11. The van der Waals surface area contributed by atoms with Crippen LogP contribution in [0, 0.1) is 0 Å². The Kier molecular flexibility index (Phi) is 6.46. The van der Waals surface area contributed by atoms with Crippen LogP contribution in [0.25, 0.3) is 11.1 Å². The van der Waals surface area contributed by atoms with Crippen molar-refractivity contribution in [3.8, 4) is 22.6 Å². The Hall–Kier alpha value is -4.13. The molecule has 1 aliphatic rings. The lowest BCUT2D eigenvalue weighted by atomic mass is 10.0. The van der Waals surface area contributed by atoms with Gasteiger partial charge in [-0.05, 0) is 36.2 Å². The van der Waals surface area contributed by atoms with E-state index in [0.29, 0.717) is 22.8 Å². The van der Waals surface area contributed by atoms with E-state index in [9.17, 15) is 9.59 Å². The zero-order valence-corrected chi connectivity index (χ0v) is 17.4. The van der Waals surface area contributed by atoms with Crippen molar-refractivity contribution in [1.29, 1.82) is 0 Å². The molecule has 0 amide bonds. The SMILES string of the molecule is C/C(=N\OCC(=O)OCC(=O)c1ccc(-c2ccccc2)cc1)c1ccc2c(c1)OCO2. The van der Waals surface area contributed by atoms with E-state index in [0.717, 1.165) is 16.7 Å². The number of hydrogen-bond donors (Lipinski definition) is 0. The van der Waals surface area contributed by atoms with Gasteiger partial charge in [0.15, 0.2) is 23.9 Å². The molecule has 0 spiro atoms. The van der Waals surface area contributed by atoms with E-state index in [2.05, 4.69) is 5.16 Å². The minimum absolute atomic E-state index is 0.188. The highest BCUT2D eigenvalue weighted by Gasteiger charge is 2.15. The quantitative estimate of drug-likeness (QED) is 0.230. The summed E-state index contributed by atoms with van der Waals surface area (Å²) < 4.78 is 15.6. The highest BCUT2D eigenvalue weighted by atomic mass is 16.7. The summed E-state index contributed by atoms with van der Waals surface area (Å²) in [6.07, 6.45) is 0. The Bertz CT molecular complexity index is 1140. The monoisotopic (exact) mass is 431 g/mol. The van der Waals surface area contributed by atoms with Crippen molar-refractivity contribution in [2.24, 2.45) is 5.16 Å². The first-order chi connectivity index (χ1) is 15.6. The zero-order valence-electron chi connectivity index (χ0n) is 17.4. The Balaban J connectivity index is 1.24. The van der Waals surface area contributed by atoms with Crippen molar-refractivity contribution in [1.82, 2.24) is 0 Å². The van der Waals surface area contributed by atoms with Crippen molar-refractivity contribution in [3.63, 3.8) is 0 Å². The highest BCUT2D eigenvalue weighted by molar-refractivity contribution is 5.99. The van der Waals surface area contributed by atoms with Crippen LogP contribution in [-0.2, 0) is 14.4 Å². The van der Waals surface area contributed by atoms with Crippen LogP contribution >= 0.6 is 0 Å². The molecular weight excluding hydrogens is 410 g/mol. The molecule has 0 saturated heterocycles. The molecule has 0 aromatic heterocycles. The molecule has 7 heteroatoms. The van der Waals surface area contributed by atoms with E-state index in [-0.39, 0.29) is 19.2 Å². The molecule has 0 atom stereocenters. The number of carbonyl (C=O) groups is 2. The van der Waals surface area contributed by atoms with Gasteiger partial charge in [0.1, 0.15) is 0 Å². The highest BCUT2D eigenvalue weighted by Crippen LogP contribution is 2.32. The molecule has 4 rings (SSSR count). The van der Waals surface area contributed by atoms with E-state index >= 15 is 0 Å². The summed E-state index contributed by atoms with van der Waals surface area (Å²) in [6.45, 7) is 1.17. The third-order valence-corrected chi connectivity index (χ3v) is 4.85. The third-order valence-electron chi connectivity index (χ3n) is 4.85. The first-order valence-electron chi connectivity index (χ1n) is 10.0. The van der Waals surface area contributed by atoms with E-state index < -0.39 is 12.6 Å². The van der Waals surface area contributed by atoms with Crippen molar-refractivity contribution < 1.29 is 28.6 Å². The van der Waals surface area contributed by atoms with Crippen LogP contribution < -0.4 is 9.47 Å². The average Bonchev–Trinajstić information content (AvgIpc) is 3.31. The number of Topliss-reactive ketones (excluding diaryl/α,β-unsaturated/α-hetero) is 1. The molecule has 3 aromatic rings. The lowest BCUT2D eigenvalue weighted by molar-refractivity contribution is -0.147. The lowest BCUT2D eigenvalue weighted by Crippen LogP contribution is -2.17. The van der Waals surface area contributed by atoms with Crippen LogP contribution in [0.4, 0.5) is 0 Å². The van der Waals surface area contributed by atoms with Gasteiger partial charge in [0.25, 0.3) is 0 Å². The molecule has 0 N–H and O–H groups in total. The molecule has 0 saturated carbocycles. The zero-order chi connectivity index (χ0) is 22.3. The lowest BCUT2D eigenvalue weighted by Gasteiger charge is -2.06. The molecule has 3 aromatic carbocycles. The van der Waals surface area contributed by atoms with Gasteiger partial charge < -0.3 is 19.0 Å². The smallest absolute Gasteiger partial charge is 0.347 e. The number of fused-ring (bicyclic) bond motifs is 1. The second-order valence-corrected chi connectivity index (χ2v) is 7.05. The van der Waals surface area contributed by atoms with Gasteiger partial charge in [-0.3, -0.25) is 4.79 Å². The van der Waals surface area contributed by atoms with Crippen LogP contribution in [0.3, 0.4) is 0 Å². The van der Waals surface area contributed by atoms with Gasteiger partial charge in [-0.2, -0.15) is 0 Å². The molecule has 1 heterocycles. The molecule has 1 aliphatic heterocycles. The van der Waals surface area contributed by atoms with E-state index in [4.69, 9.17) is 19.0 Å². The molecule has 0 radical (unpaired) electrons. The standard InChI is InChI=1S/C25H21NO6/c1-17(21-11-12-23-24(13-21)31-16-30-23)26-32-15-25(28)29-14-22(27)20-9-7-19(8-10-20)18-5-3-2-4-6-18/h2-13H,14-16H2,1H3/b26-17+. The summed E-state index contributed by atoms with van der Waals surface area (Å²) in [6, 6.07) is 22.4. The number of oxime groups is 1. The summed E-state index contributed by atoms with van der Waals surface area (Å²) in [4.78, 5) is 29.2. The number of hydrogen-bond acceptors (Lipinski definition) is 7. The number of ketones is 1. The Morgan fingerprint density at radius 2 is 1.53 bits per heavy atom. The first kappa shape index (κ1) is 21.1. The first-order valence-corrected chi connectivity index (χ1v) is 10.0. The normalized spacial score (nSPS) is 12.3. The van der Waals surface area contributed by atoms with Crippen molar-refractivity contribution >= 4 is 17.5 Å². The van der Waals surface area contributed by atoms with Crippen LogP contribution in [-0.4, -0.2) is 37.5 Å². The Labute approximate surface area is 185 Å². The van der Waals surface area contributed by atoms with Crippen molar-refractivity contribution in [2.75, 3.05) is 20.0 Å². The number of ether oxygens (including phenoxy) is 3. The maximum Gasteiger partial charge on any atom is 0.347 e. The second-order valence-electron chi connectivity index (χ2n) is 7.05. The Morgan fingerprint density at radius 1 is 0.844 bits per heavy atom. The fourth-order valence-corrected chi connectivity index (χ4v) is 3.11. The van der Waals surface area contributed by atoms with Gasteiger partial charge in [0.2, 0.25) is 13.4 Å². The van der Waals surface area contributed by atoms with Gasteiger partial charge in [-0.15, -0.1) is 0 Å². The molecule has 0 bridgehead atoms. The topological polar surface area (TPSA) is 83.4 Å². The van der Waals surface area contributed by atoms with E-state index in [1.54, 1.807) is 31.2 Å². The van der Waals surface area contributed by atoms with Crippen LogP contribution in [0.1, 0.15) is 22.8 Å². The summed E-state index contributed by atoms with van der Waals surface area (Å²) in [7, 11) is 0. The molecule has 0 unspecified atom stereocenters. The number of esters is 1. The minimum Gasteiger partial charge on any atom is -0.455 e. The number of carbonyl (C=O) groups excluding carboxylic acids is 2.